The number of hydrogen-bond acceptors (Lipinski definition) is 13. The minimum Gasteiger partial charge on any atom is -0.470 e. The number of carbonyl (C=O) groups is 4. The average molecular weight is 657 g/mol. The summed E-state index contributed by atoms with van der Waals surface area (Å²) in [6, 6.07) is 0. The van der Waals surface area contributed by atoms with Crippen molar-refractivity contribution in [2.75, 3.05) is 51.0 Å². The van der Waals surface area contributed by atoms with Crippen molar-refractivity contribution in [3.05, 3.63) is 0 Å². The van der Waals surface area contributed by atoms with Gasteiger partial charge in [0.1, 0.15) is 30.5 Å². The van der Waals surface area contributed by atoms with E-state index in [1.54, 1.807) is 18.7 Å². The second-order valence-corrected chi connectivity index (χ2v) is 13.0. The van der Waals surface area contributed by atoms with Gasteiger partial charge in [-0.25, -0.2) is 0 Å². The number of rotatable bonds is 18. The third kappa shape index (κ3) is 10.4. The van der Waals surface area contributed by atoms with Gasteiger partial charge in [-0.15, -0.1) is 4.37 Å². The van der Waals surface area contributed by atoms with Crippen molar-refractivity contribution in [3.63, 3.8) is 0 Å². The van der Waals surface area contributed by atoms with Crippen molar-refractivity contribution in [3.8, 4) is 5.88 Å². The smallest absolute Gasteiger partial charge is 0.303 e. The zero-order valence-corrected chi connectivity index (χ0v) is 29.4. The fourth-order valence-corrected chi connectivity index (χ4v) is 5.62. The van der Waals surface area contributed by atoms with Crippen molar-refractivity contribution in [2.24, 2.45) is 0 Å². The lowest BCUT2D eigenvalue weighted by Gasteiger charge is -2.39. The van der Waals surface area contributed by atoms with Crippen molar-refractivity contribution in [2.45, 2.75) is 117 Å². The van der Waals surface area contributed by atoms with Crippen LogP contribution in [0.5, 0.6) is 5.88 Å². The molecule has 3 atom stereocenters. The van der Waals surface area contributed by atoms with Gasteiger partial charge in [0, 0.05) is 25.6 Å². The zero-order valence-electron chi connectivity index (χ0n) is 28.6. The standard InChI is InChI=1S/C31H52N4O9S/c1-11-30(10,22(5)36)44-21(4)26(39)31(12-2,13-3)42-20-25(38)35(29(7,8)9)18-24(43-23(6)37)19-41-28-27(32-45-33-28)34-14-16-40-17-15-34/h21,24H,11-20H2,1-10H3/t21?,24-,30?/m0/s1. The summed E-state index contributed by atoms with van der Waals surface area (Å²) in [6.45, 7) is 19.1. The Hall–Kier alpha value is -2.68. The van der Waals surface area contributed by atoms with Crippen LogP contribution in [0.4, 0.5) is 5.82 Å². The molecule has 2 heterocycles. The molecule has 0 saturated carbocycles. The van der Waals surface area contributed by atoms with Gasteiger partial charge >= 0.3 is 5.97 Å². The molecule has 45 heavy (non-hydrogen) atoms. The number of hydrogen-bond donors (Lipinski definition) is 0. The van der Waals surface area contributed by atoms with E-state index in [0.717, 1.165) is 11.7 Å². The van der Waals surface area contributed by atoms with E-state index in [9.17, 15) is 19.2 Å². The lowest BCUT2D eigenvalue weighted by atomic mass is 9.88. The van der Waals surface area contributed by atoms with Crippen LogP contribution in [-0.2, 0) is 38.1 Å². The third-order valence-electron chi connectivity index (χ3n) is 8.28. The molecule has 0 spiro atoms. The number of amides is 1. The molecule has 1 saturated heterocycles. The predicted octanol–water partition coefficient (Wildman–Crippen LogP) is 3.62. The molecule has 2 rings (SSSR count). The average Bonchev–Trinajstić information content (AvgIpc) is 3.47. The Labute approximate surface area is 271 Å². The molecule has 1 aliphatic rings. The van der Waals surface area contributed by atoms with E-state index < -0.39 is 40.8 Å². The second-order valence-electron chi connectivity index (χ2n) is 12.5. The fourth-order valence-electron chi connectivity index (χ4n) is 5.10. The van der Waals surface area contributed by atoms with Gasteiger partial charge in [-0.2, -0.15) is 4.37 Å². The Kier molecular flexibility index (Phi) is 14.3. The van der Waals surface area contributed by atoms with Gasteiger partial charge in [-0.05, 0) is 60.8 Å². The van der Waals surface area contributed by atoms with Gasteiger partial charge in [0.25, 0.3) is 5.88 Å². The number of carbonyl (C=O) groups excluding carboxylic acids is 4. The predicted molar refractivity (Wildman–Crippen MR) is 170 cm³/mol. The molecule has 13 nitrogen and oxygen atoms in total. The molecule has 256 valence electrons. The molecule has 0 N–H and O–H groups in total. The van der Waals surface area contributed by atoms with Crippen LogP contribution in [0.3, 0.4) is 0 Å². The monoisotopic (exact) mass is 656 g/mol. The molecule has 0 aliphatic carbocycles. The highest BCUT2D eigenvalue weighted by atomic mass is 32.1. The van der Waals surface area contributed by atoms with Gasteiger partial charge in [0.15, 0.2) is 17.7 Å². The number of nitrogens with zero attached hydrogens (tertiary/aromatic N) is 4. The lowest BCUT2D eigenvalue weighted by molar-refractivity contribution is -0.175. The summed E-state index contributed by atoms with van der Waals surface area (Å²) in [4.78, 5) is 55.2. The number of anilines is 1. The Morgan fingerprint density at radius 2 is 1.62 bits per heavy atom. The molecular formula is C31H52N4O9S. The van der Waals surface area contributed by atoms with Crippen molar-refractivity contribution in [1.82, 2.24) is 13.6 Å². The number of Topliss-reactive ketones (excluding diaryl/α,β-unsaturated/α-hetero) is 2. The number of ether oxygens (including phenoxy) is 5. The van der Waals surface area contributed by atoms with Crippen LogP contribution in [0, 0.1) is 0 Å². The number of esters is 1. The largest absolute Gasteiger partial charge is 0.470 e. The maximum Gasteiger partial charge on any atom is 0.303 e. The van der Waals surface area contributed by atoms with E-state index in [1.807, 2.05) is 46.4 Å². The minimum absolute atomic E-state index is 0.0158. The lowest BCUT2D eigenvalue weighted by Crippen LogP contribution is -2.54. The highest BCUT2D eigenvalue weighted by molar-refractivity contribution is 6.99. The topological polar surface area (TPSA) is 147 Å². The molecule has 0 radical (unpaired) electrons. The number of aromatic nitrogens is 2. The highest BCUT2D eigenvalue weighted by Crippen LogP contribution is 2.29. The number of morpholine rings is 1. The molecule has 0 aromatic carbocycles. The van der Waals surface area contributed by atoms with Crippen LogP contribution in [0.2, 0.25) is 0 Å². The zero-order chi connectivity index (χ0) is 34.0. The quantitative estimate of drug-likeness (QED) is 0.213. The van der Waals surface area contributed by atoms with Crippen LogP contribution < -0.4 is 9.64 Å². The molecule has 1 aliphatic heterocycles. The highest BCUT2D eigenvalue weighted by Gasteiger charge is 2.43. The molecular weight excluding hydrogens is 604 g/mol. The van der Waals surface area contributed by atoms with Crippen LogP contribution >= 0.6 is 11.7 Å². The van der Waals surface area contributed by atoms with Crippen LogP contribution in [0.25, 0.3) is 0 Å². The van der Waals surface area contributed by atoms with Crippen molar-refractivity contribution < 1.29 is 42.9 Å². The van der Waals surface area contributed by atoms with Gasteiger partial charge < -0.3 is 33.5 Å². The summed E-state index contributed by atoms with van der Waals surface area (Å²) in [5.74, 6) is -0.490. The summed E-state index contributed by atoms with van der Waals surface area (Å²) in [6.07, 6.45) is -0.732. The SMILES string of the molecule is CCC(C)(OC(C)C(=O)C(CC)(CC)OCC(=O)N(C[C@@H](COc1nsnc1N1CCOCC1)OC(C)=O)C(C)(C)C)C(C)=O. The number of ketones is 2. The van der Waals surface area contributed by atoms with Crippen LogP contribution in [-0.4, -0.2) is 112 Å². The summed E-state index contributed by atoms with van der Waals surface area (Å²) >= 11 is 1.02. The Balaban J connectivity index is 2.19. The van der Waals surface area contributed by atoms with E-state index in [0.29, 0.717) is 57.3 Å². The molecule has 1 aromatic heterocycles. The van der Waals surface area contributed by atoms with E-state index in [-0.39, 0.29) is 31.3 Å². The van der Waals surface area contributed by atoms with Gasteiger partial charge in [-0.3, -0.25) is 19.2 Å². The first-order chi connectivity index (χ1) is 21.0. The maximum absolute atomic E-state index is 13.7. The van der Waals surface area contributed by atoms with Crippen LogP contribution in [0.15, 0.2) is 0 Å². The summed E-state index contributed by atoms with van der Waals surface area (Å²) in [5, 5.41) is 0. The van der Waals surface area contributed by atoms with Crippen molar-refractivity contribution in [1.29, 1.82) is 0 Å². The minimum atomic E-state index is -1.30. The molecule has 1 aromatic rings. The van der Waals surface area contributed by atoms with E-state index >= 15 is 0 Å². The van der Waals surface area contributed by atoms with E-state index in [2.05, 4.69) is 8.75 Å². The van der Waals surface area contributed by atoms with Crippen molar-refractivity contribution >= 4 is 41.0 Å². The Bertz CT molecular complexity index is 1140. The summed E-state index contributed by atoms with van der Waals surface area (Å²) < 4.78 is 37.7. The van der Waals surface area contributed by atoms with Gasteiger partial charge in [0.05, 0.1) is 31.5 Å². The molecule has 0 bridgehead atoms. The molecule has 1 fully saturated rings. The normalized spacial score (nSPS) is 16.8. The molecule has 1 amide bonds. The third-order valence-corrected chi connectivity index (χ3v) is 8.78. The summed E-state index contributed by atoms with van der Waals surface area (Å²) in [5.41, 5.74) is -3.09. The van der Waals surface area contributed by atoms with Gasteiger partial charge in [0.2, 0.25) is 11.7 Å². The first-order valence-electron chi connectivity index (χ1n) is 15.7. The molecule has 2 unspecified atom stereocenters. The van der Waals surface area contributed by atoms with Gasteiger partial charge in [-0.1, -0.05) is 20.8 Å². The fraction of sp³-hybridized carbons (Fsp3) is 0.806. The van der Waals surface area contributed by atoms with E-state index in [4.69, 9.17) is 23.7 Å². The molecule has 14 heteroatoms. The Morgan fingerprint density at radius 3 is 2.13 bits per heavy atom. The van der Waals surface area contributed by atoms with Crippen LogP contribution in [0.1, 0.15) is 88.5 Å². The Morgan fingerprint density at radius 1 is 1.00 bits per heavy atom. The second kappa shape index (κ2) is 16.8. The maximum atomic E-state index is 13.7. The first-order valence-corrected chi connectivity index (χ1v) is 16.4. The summed E-state index contributed by atoms with van der Waals surface area (Å²) in [7, 11) is 0. The first kappa shape index (κ1) is 38.5. The van der Waals surface area contributed by atoms with E-state index in [1.165, 1.54) is 13.8 Å².